The lowest BCUT2D eigenvalue weighted by molar-refractivity contribution is 0.399. The topological polar surface area (TPSA) is 52.5 Å². The largest absolute Gasteiger partial charge is 0.459 e. The minimum atomic E-state index is -1.20. The summed E-state index contributed by atoms with van der Waals surface area (Å²) in [6.07, 6.45) is 1.92. The smallest absolute Gasteiger partial charge is 0.427 e. The Morgan fingerprint density at radius 1 is 1.82 bits per heavy atom. The Hall–Kier alpha value is 0.0349. The summed E-state index contributed by atoms with van der Waals surface area (Å²) in [6.45, 7) is 0.827. The first-order valence-electron chi connectivity index (χ1n) is 3.58. The van der Waals surface area contributed by atoms with E-state index >= 15 is 0 Å². The van der Waals surface area contributed by atoms with E-state index < -0.39 is 7.12 Å². The first kappa shape index (κ1) is 9.13. The van der Waals surface area contributed by atoms with Gasteiger partial charge < -0.3 is 15.4 Å². The number of likely N-dealkylation sites (N-methyl/N-ethyl adjacent to an activating group) is 1. The summed E-state index contributed by atoms with van der Waals surface area (Å²) < 4.78 is 0. The van der Waals surface area contributed by atoms with Crippen molar-refractivity contribution in [3.63, 3.8) is 0 Å². The quantitative estimate of drug-likeness (QED) is 0.512. The molecule has 0 aliphatic carbocycles. The van der Waals surface area contributed by atoms with Crippen molar-refractivity contribution < 1.29 is 10.0 Å². The molecule has 11 heavy (non-hydrogen) atoms. The van der Waals surface area contributed by atoms with Gasteiger partial charge in [-0.25, -0.2) is 0 Å². The van der Waals surface area contributed by atoms with Gasteiger partial charge in [-0.1, -0.05) is 6.08 Å². The van der Waals surface area contributed by atoms with Crippen LogP contribution in [-0.2, 0) is 0 Å². The molecule has 1 aliphatic heterocycles. The first-order valence-corrected chi connectivity index (χ1v) is 4.57. The zero-order valence-corrected chi connectivity index (χ0v) is 7.27. The van der Waals surface area contributed by atoms with Crippen LogP contribution in [0.1, 0.15) is 0 Å². The van der Waals surface area contributed by atoms with E-state index in [-0.39, 0.29) is 5.82 Å². The van der Waals surface area contributed by atoms with Gasteiger partial charge in [0.1, 0.15) is 0 Å². The van der Waals surface area contributed by atoms with Crippen molar-refractivity contribution in [3.05, 3.63) is 11.0 Å². The average Bonchev–Trinajstić information content (AvgIpc) is 2.37. The molecule has 0 aromatic rings. The van der Waals surface area contributed by atoms with E-state index in [1.807, 2.05) is 13.1 Å². The van der Waals surface area contributed by atoms with E-state index in [1.165, 1.54) is 4.91 Å². The van der Waals surface area contributed by atoms with Crippen LogP contribution < -0.4 is 5.32 Å². The predicted octanol–water partition coefficient (Wildman–Crippen LogP) is -0.321. The maximum atomic E-state index is 8.82. The van der Waals surface area contributed by atoms with Crippen LogP contribution in [0.3, 0.4) is 0 Å². The van der Waals surface area contributed by atoms with Gasteiger partial charge in [0.2, 0.25) is 0 Å². The number of hydrogen-bond donors (Lipinski definition) is 3. The third-order valence-electron chi connectivity index (χ3n) is 1.60. The minimum absolute atomic E-state index is 0.0802. The number of allylic oxidation sites excluding steroid dienone is 1. The van der Waals surface area contributed by atoms with Crippen LogP contribution in [0.15, 0.2) is 11.0 Å². The van der Waals surface area contributed by atoms with Gasteiger partial charge in [0.15, 0.2) is 0 Å². The molecule has 1 heterocycles. The molecule has 1 rings (SSSR count). The fourth-order valence-corrected chi connectivity index (χ4v) is 2.19. The third-order valence-corrected chi connectivity index (χ3v) is 2.80. The van der Waals surface area contributed by atoms with E-state index in [0.29, 0.717) is 0 Å². The monoisotopic (exact) mass is 173 g/mol. The molecule has 0 amide bonds. The van der Waals surface area contributed by atoms with Gasteiger partial charge in [-0.3, -0.25) is 0 Å². The van der Waals surface area contributed by atoms with E-state index in [1.54, 1.807) is 11.8 Å². The number of thioether (sulfide) groups is 1. The summed E-state index contributed by atoms with van der Waals surface area (Å²) in [5.74, 6) is 0.706. The van der Waals surface area contributed by atoms with E-state index in [4.69, 9.17) is 10.0 Å². The maximum Gasteiger partial charge on any atom is 0.459 e. The summed E-state index contributed by atoms with van der Waals surface area (Å²) in [4.78, 5) is 1.20. The second kappa shape index (κ2) is 4.16. The normalized spacial score (nSPS) is 23.5. The second-order valence-corrected chi connectivity index (χ2v) is 3.70. The van der Waals surface area contributed by atoms with Crippen molar-refractivity contribution >= 4 is 18.9 Å². The summed E-state index contributed by atoms with van der Waals surface area (Å²) in [5, 5.41) is 20.6. The van der Waals surface area contributed by atoms with Crippen LogP contribution in [0.4, 0.5) is 0 Å². The Balaban J connectivity index is 2.40. The molecule has 0 saturated heterocycles. The van der Waals surface area contributed by atoms with Crippen LogP contribution in [0, 0.1) is 0 Å². The molecule has 0 aromatic heterocycles. The Morgan fingerprint density at radius 2 is 2.55 bits per heavy atom. The second-order valence-electron chi connectivity index (χ2n) is 2.55. The average molecular weight is 173 g/mol. The maximum absolute atomic E-state index is 8.82. The van der Waals surface area contributed by atoms with Gasteiger partial charge in [0.05, 0.1) is 0 Å². The molecular weight excluding hydrogens is 161 g/mol. The molecule has 1 aliphatic rings. The van der Waals surface area contributed by atoms with Crippen molar-refractivity contribution in [1.82, 2.24) is 5.32 Å². The van der Waals surface area contributed by atoms with Crippen LogP contribution >= 0.6 is 11.8 Å². The molecule has 0 bridgehead atoms. The van der Waals surface area contributed by atoms with Gasteiger partial charge in [-0.15, -0.1) is 11.8 Å². The zero-order chi connectivity index (χ0) is 8.27. The van der Waals surface area contributed by atoms with E-state index in [0.717, 1.165) is 12.3 Å². The van der Waals surface area contributed by atoms with Crippen molar-refractivity contribution in [1.29, 1.82) is 0 Å². The Bertz CT molecular complexity index is 163. The van der Waals surface area contributed by atoms with Crippen molar-refractivity contribution in [2.45, 2.75) is 5.82 Å². The molecule has 0 aromatic carbocycles. The lowest BCUT2D eigenvalue weighted by atomic mass is 9.74. The molecule has 3 nitrogen and oxygen atoms in total. The van der Waals surface area contributed by atoms with Gasteiger partial charge in [0.25, 0.3) is 0 Å². The number of hydrogen-bond acceptors (Lipinski definition) is 4. The van der Waals surface area contributed by atoms with Crippen LogP contribution in [0.2, 0.25) is 5.82 Å². The zero-order valence-electron chi connectivity index (χ0n) is 6.45. The van der Waals surface area contributed by atoms with Gasteiger partial charge in [0, 0.05) is 18.1 Å². The van der Waals surface area contributed by atoms with Crippen LogP contribution in [-0.4, -0.2) is 36.5 Å². The number of rotatable bonds is 3. The van der Waals surface area contributed by atoms with Crippen molar-refractivity contribution in [3.8, 4) is 0 Å². The van der Waals surface area contributed by atoms with E-state index in [9.17, 15) is 0 Å². The standard InChI is InChI=1S/C6H12BNO2S/c1-8-3-6-2-5(4-11-6)7(9)10/h2,5,8-10H,3-4H2,1H3. The highest BCUT2D eigenvalue weighted by molar-refractivity contribution is 8.03. The van der Waals surface area contributed by atoms with Crippen molar-refractivity contribution in [2.24, 2.45) is 0 Å². The van der Waals surface area contributed by atoms with E-state index in [2.05, 4.69) is 5.32 Å². The SMILES string of the molecule is CNCC1=CC(B(O)O)CS1. The lowest BCUT2D eigenvalue weighted by Gasteiger charge is -2.01. The molecule has 0 spiro atoms. The molecule has 1 atom stereocenters. The molecule has 1 unspecified atom stereocenters. The number of nitrogens with one attached hydrogen (secondary N) is 1. The summed E-state index contributed by atoms with van der Waals surface area (Å²) in [5.41, 5.74) is 0. The predicted molar refractivity (Wildman–Crippen MR) is 48.4 cm³/mol. The van der Waals surface area contributed by atoms with Crippen molar-refractivity contribution in [2.75, 3.05) is 19.3 Å². The Kier molecular flexibility index (Phi) is 3.45. The highest BCUT2D eigenvalue weighted by Crippen LogP contribution is 2.32. The minimum Gasteiger partial charge on any atom is -0.427 e. The molecule has 0 saturated carbocycles. The lowest BCUT2D eigenvalue weighted by Crippen LogP contribution is -2.18. The summed E-state index contributed by atoms with van der Waals surface area (Å²) in [7, 11) is 0.682. The molecular formula is C6H12BNO2S. The Labute approximate surface area is 71.0 Å². The Morgan fingerprint density at radius 3 is 3.00 bits per heavy atom. The first-order chi connectivity index (χ1) is 5.24. The van der Waals surface area contributed by atoms with Crippen LogP contribution in [0.5, 0.6) is 0 Å². The summed E-state index contributed by atoms with van der Waals surface area (Å²) in [6, 6.07) is 0. The van der Waals surface area contributed by atoms with Gasteiger partial charge in [-0.05, 0) is 12.0 Å². The molecule has 62 valence electrons. The fraction of sp³-hybridized carbons (Fsp3) is 0.667. The molecule has 3 N–H and O–H groups in total. The highest BCUT2D eigenvalue weighted by Gasteiger charge is 2.26. The van der Waals surface area contributed by atoms with Crippen LogP contribution in [0.25, 0.3) is 0 Å². The molecule has 0 fully saturated rings. The van der Waals surface area contributed by atoms with Gasteiger partial charge >= 0.3 is 7.12 Å². The fourth-order valence-electron chi connectivity index (χ4n) is 0.995. The molecule has 5 heteroatoms. The van der Waals surface area contributed by atoms with Gasteiger partial charge in [-0.2, -0.15) is 0 Å². The third kappa shape index (κ3) is 2.52. The summed E-state index contributed by atoms with van der Waals surface area (Å²) >= 11 is 1.68. The molecule has 0 radical (unpaired) electrons. The highest BCUT2D eigenvalue weighted by atomic mass is 32.2.